The summed E-state index contributed by atoms with van der Waals surface area (Å²) in [7, 11) is 1.87. The van der Waals surface area contributed by atoms with Gasteiger partial charge in [0.25, 0.3) is 0 Å². The fourth-order valence-corrected chi connectivity index (χ4v) is 3.75. The normalized spacial score (nSPS) is 16.6. The number of benzene rings is 1. The van der Waals surface area contributed by atoms with E-state index in [2.05, 4.69) is 32.7 Å². The smallest absolute Gasteiger partial charge is 0.232 e. The number of carbonyl (C=O) groups is 1. The van der Waals surface area contributed by atoms with Crippen LogP contribution in [0.25, 0.3) is 0 Å². The lowest BCUT2D eigenvalue weighted by molar-refractivity contribution is -0.131. The van der Waals surface area contributed by atoms with E-state index in [1.807, 2.05) is 36.2 Å². The fraction of sp³-hybridized carbons (Fsp3) is 0.267. The second-order valence-corrected chi connectivity index (χ2v) is 7.26. The second-order valence-electron chi connectivity index (χ2n) is 4.97. The van der Waals surface area contributed by atoms with Gasteiger partial charge in [0.05, 0.1) is 9.70 Å². The Labute approximate surface area is 130 Å². The first-order valence-electron chi connectivity index (χ1n) is 6.46. The van der Waals surface area contributed by atoms with E-state index in [0.29, 0.717) is 13.1 Å². The predicted octanol–water partition coefficient (Wildman–Crippen LogP) is 3.68. The molecule has 0 saturated heterocycles. The molecule has 1 aliphatic rings. The summed E-state index contributed by atoms with van der Waals surface area (Å²) in [6, 6.07) is 10.1. The Balaban J connectivity index is 1.73. The SMILES string of the molecule is CN(Cc1csc(Br)c1)C(=O)C1CNc2ccccc21. The lowest BCUT2D eigenvalue weighted by Gasteiger charge is -2.20. The number of likely N-dealkylation sites (N-methyl/N-ethyl adjacent to an activating group) is 1. The summed E-state index contributed by atoms with van der Waals surface area (Å²) < 4.78 is 1.10. The summed E-state index contributed by atoms with van der Waals surface area (Å²) in [5.41, 5.74) is 3.35. The van der Waals surface area contributed by atoms with Gasteiger partial charge in [-0.25, -0.2) is 0 Å². The van der Waals surface area contributed by atoms with Crippen LogP contribution >= 0.6 is 27.3 Å². The molecule has 1 aromatic heterocycles. The molecule has 1 unspecified atom stereocenters. The highest BCUT2D eigenvalue weighted by atomic mass is 79.9. The van der Waals surface area contributed by atoms with Gasteiger partial charge in [-0.05, 0) is 44.6 Å². The van der Waals surface area contributed by atoms with Gasteiger partial charge in [0.15, 0.2) is 0 Å². The van der Waals surface area contributed by atoms with Crippen LogP contribution in [-0.4, -0.2) is 24.4 Å². The molecule has 1 N–H and O–H groups in total. The Morgan fingerprint density at radius 3 is 3.05 bits per heavy atom. The number of amides is 1. The summed E-state index contributed by atoms with van der Waals surface area (Å²) >= 11 is 5.10. The number of hydrogen-bond acceptors (Lipinski definition) is 3. The van der Waals surface area contributed by atoms with E-state index >= 15 is 0 Å². The van der Waals surface area contributed by atoms with E-state index in [1.165, 1.54) is 0 Å². The first-order chi connectivity index (χ1) is 9.65. The Bertz CT molecular complexity index is 640. The van der Waals surface area contributed by atoms with Crippen molar-refractivity contribution >= 4 is 38.9 Å². The molecule has 0 saturated carbocycles. The van der Waals surface area contributed by atoms with Gasteiger partial charge in [-0.2, -0.15) is 0 Å². The minimum Gasteiger partial charge on any atom is -0.384 e. The number of thiophene rings is 1. The van der Waals surface area contributed by atoms with E-state index in [9.17, 15) is 4.79 Å². The van der Waals surface area contributed by atoms with Crippen molar-refractivity contribution in [2.45, 2.75) is 12.5 Å². The van der Waals surface area contributed by atoms with Gasteiger partial charge in [0, 0.05) is 25.8 Å². The van der Waals surface area contributed by atoms with Crippen LogP contribution in [0.1, 0.15) is 17.0 Å². The van der Waals surface area contributed by atoms with Gasteiger partial charge in [-0.1, -0.05) is 18.2 Å². The van der Waals surface area contributed by atoms with E-state index in [-0.39, 0.29) is 11.8 Å². The van der Waals surface area contributed by atoms with Crippen LogP contribution in [0.15, 0.2) is 39.5 Å². The molecule has 1 atom stereocenters. The Hall–Kier alpha value is -1.33. The van der Waals surface area contributed by atoms with Crippen LogP contribution < -0.4 is 5.32 Å². The number of fused-ring (bicyclic) bond motifs is 1. The van der Waals surface area contributed by atoms with Crippen LogP contribution in [0.5, 0.6) is 0 Å². The maximum atomic E-state index is 12.6. The number of halogens is 1. The molecule has 3 rings (SSSR count). The van der Waals surface area contributed by atoms with Crippen LogP contribution in [0, 0.1) is 0 Å². The third-order valence-electron chi connectivity index (χ3n) is 3.55. The quantitative estimate of drug-likeness (QED) is 0.915. The number of rotatable bonds is 3. The largest absolute Gasteiger partial charge is 0.384 e. The second kappa shape index (κ2) is 5.58. The summed E-state index contributed by atoms with van der Waals surface area (Å²) in [5, 5.41) is 5.38. The van der Waals surface area contributed by atoms with Gasteiger partial charge in [-0.3, -0.25) is 4.79 Å². The van der Waals surface area contributed by atoms with Crippen LogP contribution in [0.2, 0.25) is 0 Å². The zero-order valence-electron chi connectivity index (χ0n) is 11.1. The van der Waals surface area contributed by atoms with E-state index in [1.54, 1.807) is 11.3 Å². The Morgan fingerprint density at radius 2 is 2.30 bits per heavy atom. The zero-order valence-corrected chi connectivity index (χ0v) is 13.5. The van der Waals surface area contributed by atoms with E-state index in [0.717, 1.165) is 20.6 Å². The average Bonchev–Trinajstić information content (AvgIpc) is 3.04. The van der Waals surface area contributed by atoms with Crippen LogP contribution in [0.4, 0.5) is 5.69 Å². The molecular formula is C15H15BrN2OS. The lowest BCUT2D eigenvalue weighted by atomic mass is 10.00. The van der Waals surface area contributed by atoms with Gasteiger partial charge >= 0.3 is 0 Å². The van der Waals surface area contributed by atoms with Gasteiger partial charge in [-0.15, -0.1) is 11.3 Å². The van der Waals surface area contributed by atoms with Crippen molar-refractivity contribution in [3.8, 4) is 0 Å². The molecule has 2 heterocycles. The van der Waals surface area contributed by atoms with Crippen LogP contribution in [0.3, 0.4) is 0 Å². The first kappa shape index (κ1) is 13.6. The molecule has 0 aliphatic carbocycles. The molecule has 1 amide bonds. The third kappa shape index (κ3) is 2.60. The van der Waals surface area contributed by atoms with Crippen molar-refractivity contribution in [3.05, 3.63) is 50.6 Å². The Kier molecular flexibility index (Phi) is 3.81. The number of carbonyl (C=O) groups excluding carboxylic acids is 1. The van der Waals surface area contributed by atoms with Gasteiger partial charge in [0.2, 0.25) is 5.91 Å². The number of hydrogen-bond donors (Lipinski definition) is 1. The molecule has 1 aromatic carbocycles. The van der Waals surface area contributed by atoms with Gasteiger partial charge in [0.1, 0.15) is 0 Å². The fourth-order valence-electron chi connectivity index (χ4n) is 2.55. The maximum absolute atomic E-state index is 12.6. The minimum atomic E-state index is -0.0710. The zero-order chi connectivity index (χ0) is 14.1. The summed E-state index contributed by atoms with van der Waals surface area (Å²) in [5.74, 6) is 0.100. The predicted molar refractivity (Wildman–Crippen MR) is 86.2 cm³/mol. The third-order valence-corrected chi connectivity index (χ3v) is 5.10. The molecule has 104 valence electrons. The highest BCUT2D eigenvalue weighted by Gasteiger charge is 2.30. The highest BCUT2D eigenvalue weighted by molar-refractivity contribution is 9.11. The topological polar surface area (TPSA) is 32.3 Å². The molecule has 0 radical (unpaired) electrons. The van der Waals surface area contributed by atoms with Gasteiger partial charge < -0.3 is 10.2 Å². The molecule has 3 nitrogen and oxygen atoms in total. The van der Waals surface area contributed by atoms with Crippen molar-refractivity contribution < 1.29 is 4.79 Å². The van der Waals surface area contributed by atoms with Crippen molar-refractivity contribution in [3.63, 3.8) is 0 Å². The molecular weight excluding hydrogens is 336 g/mol. The van der Waals surface area contributed by atoms with Crippen molar-refractivity contribution in [2.75, 3.05) is 18.9 Å². The van der Waals surface area contributed by atoms with Crippen molar-refractivity contribution in [1.29, 1.82) is 0 Å². The number of para-hydroxylation sites is 1. The van der Waals surface area contributed by atoms with E-state index < -0.39 is 0 Å². The van der Waals surface area contributed by atoms with Crippen molar-refractivity contribution in [2.24, 2.45) is 0 Å². The molecule has 1 aliphatic heterocycles. The highest BCUT2D eigenvalue weighted by Crippen LogP contribution is 2.32. The lowest BCUT2D eigenvalue weighted by Crippen LogP contribution is -2.32. The monoisotopic (exact) mass is 350 g/mol. The average molecular weight is 351 g/mol. The molecule has 2 aromatic rings. The standard InChI is InChI=1S/C15H15BrN2OS/c1-18(8-10-6-14(16)20-9-10)15(19)12-7-17-13-5-3-2-4-11(12)13/h2-6,9,12,17H,7-8H2,1H3. The molecule has 20 heavy (non-hydrogen) atoms. The Morgan fingerprint density at radius 1 is 1.50 bits per heavy atom. The molecule has 0 fully saturated rings. The number of nitrogens with one attached hydrogen (secondary N) is 1. The molecule has 5 heteroatoms. The number of anilines is 1. The maximum Gasteiger partial charge on any atom is 0.232 e. The van der Waals surface area contributed by atoms with E-state index in [4.69, 9.17) is 0 Å². The molecule has 0 bridgehead atoms. The summed E-state index contributed by atoms with van der Waals surface area (Å²) in [6.45, 7) is 1.34. The summed E-state index contributed by atoms with van der Waals surface area (Å²) in [4.78, 5) is 14.4. The number of nitrogens with zero attached hydrogens (tertiary/aromatic N) is 1. The van der Waals surface area contributed by atoms with Crippen molar-refractivity contribution in [1.82, 2.24) is 4.90 Å². The molecule has 0 spiro atoms. The summed E-state index contributed by atoms with van der Waals surface area (Å²) in [6.07, 6.45) is 0. The van der Waals surface area contributed by atoms with Crippen LogP contribution in [-0.2, 0) is 11.3 Å². The minimum absolute atomic E-state index is 0.0710. The first-order valence-corrected chi connectivity index (χ1v) is 8.13.